The molecule has 0 atom stereocenters. The molecule has 0 radical (unpaired) electrons. The molecule has 1 N–H and O–H groups in total. The minimum Gasteiger partial charge on any atom is -0.465 e. The summed E-state index contributed by atoms with van der Waals surface area (Å²) in [6.07, 6.45) is 2.66. The lowest BCUT2D eigenvalue weighted by Crippen LogP contribution is -2.13. The standard InChI is InChI=1S/C12H15NO3S/c1-4-5-6-9(14)13-10-8(2)7-17-11(10)12(15)16-3/h4,7H,1,5-6H2,2-3H3,(H,13,14). The van der Waals surface area contributed by atoms with E-state index in [2.05, 4.69) is 16.6 Å². The number of carbonyl (C=O) groups is 2. The maximum absolute atomic E-state index is 11.6. The molecule has 92 valence electrons. The first-order valence-electron chi connectivity index (χ1n) is 5.17. The van der Waals surface area contributed by atoms with Gasteiger partial charge in [0.15, 0.2) is 0 Å². The van der Waals surface area contributed by atoms with Crippen molar-refractivity contribution >= 4 is 28.9 Å². The van der Waals surface area contributed by atoms with Crippen LogP contribution in [0.2, 0.25) is 0 Å². The number of methoxy groups -OCH3 is 1. The minimum absolute atomic E-state index is 0.128. The highest BCUT2D eigenvalue weighted by molar-refractivity contribution is 7.12. The summed E-state index contributed by atoms with van der Waals surface area (Å²) >= 11 is 1.27. The van der Waals surface area contributed by atoms with Gasteiger partial charge in [-0.25, -0.2) is 4.79 Å². The Bertz CT molecular complexity index is 437. The predicted octanol–water partition coefficient (Wildman–Crippen LogP) is 2.75. The third-order valence-electron chi connectivity index (χ3n) is 2.19. The molecule has 1 heterocycles. The molecule has 4 nitrogen and oxygen atoms in total. The van der Waals surface area contributed by atoms with E-state index in [-0.39, 0.29) is 5.91 Å². The summed E-state index contributed by atoms with van der Waals surface area (Å²) in [4.78, 5) is 23.5. The summed E-state index contributed by atoms with van der Waals surface area (Å²) in [6, 6.07) is 0. The van der Waals surface area contributed by atoms with Crippen molar-refractivity contribution in [2.45, 2.75) is 19.8 Å². The number of carbonyl (C=O) groups excluding carboxylic acids is 2. The average Bonchev–Trinajstić information content (AvgIpc) is 2.67. The van der Waals surface area contributed by atoms with E-state index < -0.39 is 5.97 Å². The fourth-order valence-corrected chi connectivity index (χ4v) is 2.20. The summed E-state index contributed by atoms with van der Waals surface area (Å²) in [6.45, 7) is 5.39. The first kappa shape index (κ1) is 13.4. The van der Waals surface area contributed by atoms with Crippen LogP contribution in [0.4, 0.5) is 5.69 Å². The van der Waals surface area contributed by atoms with Crippen LogP contribution in [-0.2, 0) is 9.53 Å². The number of allylic oxidation sites excluding steroid dienone is 1. The molecule has 0 fully saturated rings. The Labute approximate surface area is 104 Å². The second kappa shape index (κ2) is 6.20. The van der Waals surface area contributed by atoms with Crippen molar-refractivity contribution in [1.29, 1.82) is 0 Å². The summed E-state index contributed by atoms with van der Waals surface area (Å²) in [5.74, 6) is -0.557. The predicted molar refractivity (Wildman–Crippen MR) is 68.5 cm³/mol. The molecule has 0 spiro atoms. The molecule has 5 heteroatoms. The molecule has 0 aliphatic heterocycles. The summed E-state index contributed by atoms with van der Waals surface area (Å²) in [5, 5.41) is 4.55. The van der Waals surface area contributed by atoms with Crippen LogP contribution in [-0.4, -0.2) is 19.0 Å². The van der Waals surface area contributed by atoms with Gasteiger partial charge >= 0.3 is 5.97 Å². The normalized spacial score (nSPS) is 9.76. The first-order valence-corrected chi connectivity index (χ1v) is 6.05. The van der Waals surface area contributed by atoms with Gasteiger partial charge in [-0.1, -0.05) is 6.08 Å². The Morgan fingerprint density at radius 2 is 2.29 bits per heavy atom. The van der Waals surface area contributed by atoms with Crippen molar-refractivity contribution in [3.05, 3.63) is 28.5 Å². The zero-order chi connectivity index (χ0) is 12.8. The lowest BCUT2D eigenvalue weighted by atomic mass is 10.2. The molecule has 0 saturated carbocycles. The van der Waals surface area contributed by atoms with Gasteiger partial charge in [0.1, 0.15) is 4.88 Å². The van der Waals surface area contributed by atoms with E-state index in [0.29, 0.717) is 23.4 Å². The van der Waals surface area contributed by atoms with Crippen LogP contribution >= 0.6 is 11.3 Å². The molecule has 0 aliphatic carbocycles. The van der Waals surface area contributed by atoms with E-state index in [1.165, 1.54) is 18.4 Å². The maximum Gasteiger partial charge on any atom is 0.350 e. The summed E-state index contributed by atoms with van der Waals surface area (Å²) in [5.41, 5.74) is 1.42. The number of amides is 1. The largest absolute Gasteiger partial charge is 0.465 e. The first-order chi connectivity index (χ1) is 8.10. The Morgan fingerprint density at radius 3 is 2.88 bits per heavy atom. The van der Waals surface area contributed by atoms with E-state index >= 15 is 0 Å². The van der Waals surface area contributed by atoms with E-state index in [0.717, 1.165) is 5.56 Å². The second-order valence-corrected chi connectivity index (χ2v) is 4.37. The van der Waals surface area contributed by atoms with Crippen LogP contribution < -0.4 is 5.32 Å². The van der Waals surface area contributed by atoms with Crippen molar-refractivity contribution in [2.75, 3.05) is 12.4 Å². The summed E-state index contributed by atoms with van der Waals surface area (Å²) < 4.78 is 4.66. The molecular formula is C12H15NO3S. The number of hydrogen-bond acceptors (Lipinski definition) is 4. The van der Waals surface area contributed by atoms with Gasteiger partial charge in [-0.05, 0) is 24.3 Å². The van der Waals surface area contributed by atoms with Gasteiger partial charge in [0.05, 0.1) is 12.8 Å². The molecule has 0 aliphatic rings. The van der Waals surface area contributed by atoms with Gasteiger partial charge in [-0.2, -0.15) is 0 Å². The molecule has 1 amide bonds. The Hall–Kier alpha value is -1.62. The summed E-state index contributed by atoms with van der Waals surface area (Å²) in [7, 11) is 1.32. The molecule has 0 unspecified atom stereocenters. The maximum atomic E-state index is 11.6. The number of aryl methyl sites for hydroxylation is 1. The van der Waals surface area contributed by atoms with E-state index in [4.69, 9.17) is 0 Å². The molecule has 17 heavy (non-hydrogen) atoms. The smallest absolute Gasteiger partial charge is 0.350 e. The van der Waals surface area contributed by atoms with Crippen LogP contribution in [0.15, 0.2) is 18.0 Å². The molecule has 1 aromatic rings. The van der Waals surface area contributed by atoms with Gasteiger partial charge < -0.3 is 10.1 Å². The van der Waals surface area contributed by atoms with Gasteiger partial charge in [0.25, 0.3) is 0 Å². The van der Waals surface area contributed by atoms with Crippen molar-refractivity contribution in [3.8, 4) is 0 Å². The van der Waals surface area contributed by atoms with Crippen LogP contribution in [0.1, 0.15) is 28.1 Å². The molecule has 0 aromatic carbocycles. The monoisotopic (exact) mass is 253 g/mol. The van der Waals surface area contributed by atoms with Crippen molar-refractivity contribution in [1.82, 2.24) is 0 Å². The molecule has 1 rings (SSSR count). The third kappa shape index (κ3) is 3.42. The van der Waals surface area contributed by atoms with E-state index in [1.807, 2.05) is 12.3 Å². The lowest BCUT2D eigenvalue weighted by molar-refractivity contribution is -0.116. The van der Waals surface area contributed by atoms with Crippen molar-refractivity contribution in [3.63, 3.8) is 0 Å². The Kier molecular flexibility index (Phi) is 4.90. The van der Waals surface area contributed by atoms with Gasteiger partial charge in [-0.3, -0.25) is 4.79 Å². The van der Waals surface area contributed by atoms with Gasteiger partial charge in [-0.15, -0.1) is 17.9 Å². The third-order valence-corrected chi connectivity index (χ3v) is 3.26. The van der Waals surface area contributed by atoms with Gasteiger partial charge in [0.2, 0.25) is 5.91 Å². The highest BCUT2D eigenvalue weighted by Gasteiger charge is 2.18. The fourth-order valence-electron chi connectivity index (χ4n) is 1.28. The SMILES string of the molecule is C=CCCC(=O)Nc1c(C)csc1C(=O)OC. The van der Waals surface area contributed by atoms with Crippen molar-refractivity contribution < 1.29 is 14.3 Å². The highest BCUT2D eigenvalue weighted by Crippen LogP contribution is 2.28. The molecule has 1 aromatic heterocycles. The number of ether oxygens (including phenoxy) is 1. The zero-order valence-electron chi connectivity index (χ0n) is 9.91. The molecular weight excluding hydrogens is 238 g/mol. The average molecular weight is 253 g/mol. The number of anilines is 1. The lowest BCUT2D eigenvalue weighted by Gasteiger charge is -2.06. The second-order valence-electron chi connectivity index (χ2n) is 3.49. The van der Waals surface area contributed by atoms with Crippen LogP contribution in [0.3, 0.4) is 0 Å². The molecule has 0 bridgehead atoms. The van der Waals surface area contributed by atoms with Gasteiger partial charge in [0, 0.05) is 6.42 Å². The minimum atomic E-state index is -0.429. The van der Waals surface area contributed by atoms with E-state index in [1.54, 1.807) is 6.08 Å². The Morgan fingerprint density at radius 1 is 1.59 bits per heavy atom. The zero-order valence-corrected chi connectivity index (χ0v) is 10.7. The number of hydrogen-bond donors (Lipinski definition) is 1. The quantitative estimate of drug-likeness (QED) is 0.648. The van der Waals surface area contributed by atoms with Crippen LogP contribution in [0.25, 0.3) is 0 Å². The number of esters is 1. The van der Waals surface area contributed by atoms with E-state index in [9.17, 15) is 9.59 Å². The number of nitrogens with one attached hydrogen (secondary N) is 1. The van der Waals surface area contributed by atoms with Crippen molar-refractivity contribution in [2.24, 2.45) is 0 Å². The topological polar surface area (TPSA) is 55.4 Å². The fraction of sp³-hybridized carbons (Fsp3) is 0.333. The number of rotatable bonds is 5. The molecule has 0 saturated heterocycles. The highest BCUT2D eigenvalue weighted by atomic mass is 32.1. The number of thiophene rings is 1. The van der Waals surface area contributed by atoms with Crippen LogP contribution in [0.5, 0.6) is 0 Å². The van der Waals surface area contributed by atoms with Crippen LogP contribution in [0, 0.1) is 6.92 Å². The Balaban J connectivity index is 2.82.